The molecule has 2 aliphatic rings. The average molecular weight is 533 g/mol. The van der Waals surface area contributed by atoms with Crippen LogP contribution in [0.5, 0.6) is 0 Å². The van der Waals surface area contributed by atoms with Crippen molar-refractivity contribution < 1.29 is 24.5 Å². The number of allylic oxidation sites excluding steroid dienone is 1. The fourth-order valence-electron chi connectivity index (χ4n) is 5.41. The standard InChI is InChI=1S/C29H44N2O5S/c1-8-10-21-26(34)17(2)11-9-12-29(7)24(36-29)14-22(18(3)13-20-16-37-19(4)30-20)31-25(33)15-23(32)28(5,6)27(21)35/h8,13,16-17,21-24,26,32,34H,1,9-12,14-15H2,2-7H3,(H,31,33)/t17-,21+,22-,23-,24?,26+,29?/m0/s1. The summed E-state index contributed by atoms with van der Waals surface area (Å²) >= 11 is 1.58. The number of Topliss-reactive ketones (excluding diaryl/α,β-unsaturated/α-hetero) is 1. The van der Waals surface area contributed by atoms with Crippen molar-refractivity contribution in [3.05, 3.63) is 34.3 Å². The van der Waals surface area contributed by atoms with Crippen LogP contribution in [0.4, 0.5) is 0 Å². The maximum atomic E-state index is 13.6. The molecule has 1 amide bonds. The Hall–Kier alpha value is -1.87. The second-order valence-electron chi connectivity index (χ2n) is 11.8. The molecule has 0 aromatic carbocycles. The van der Waals surface area contributed by atoms with Gasteiger partial charge in [-0.2, -0.15) is 0 Å². The Morgan fingerprint density at radius 1 is 1.32 bits per heavy atom. The summed E-state index contributed by atoms with van der Waals surface area (Å²) in [4.78, 5) is 31.2. The third kappa shape index (κ3) is 7.16. The Morgan fingerprint density at radius 3 is 2.65 bits per heavy atom. The van der Waals surface area contributed by atoms with Crippen molar-refractivity contribution in [3.8, 4) is 0 Å². The van der Waals surface area contributed by atoms with E-state index >= 15 is 0 Å². The molecular weight excluding hydrogens is 488 g/mol. The number of carbonyl (C=O) groups is 2. The number of nitrogens with zero attached hydrogens (tertiary/aromatic N) is 1. The van der Waals surface area contributed by atoms with Crippen molar-refractivity contribution in [2.75, 3.05) is 0 Å². The number of aryl methyl sites for hydroxylation is 1. The van der Waals surface area contributed by atoms with Crippen LogP contribution in [0.1, 0.15) is 83.8 Å². The molecule has 7 nitrogen and oxygen atoms in total. The third-order valence-electron chi connectivity index (χ3n) is 8.31. The van der Waals surface area contributed by atoms with Gasteiger partial charge in [-0.3, -0.25) is 9.59 Å². The van der Waals surface area contributed by atoms with Gasteiger partial charge < -0.3 is 20.3 Å². The SMILES string of the molecule is C=CC[C@H]1C(=O)C(C)(C)[C@@H](O)CC(=O)N[C@H](C(C)=Cc2csc(C)n2)CC2OC2(C)CCC[C@H](C)[C@H]1O. The molecule has 2 unspecified atom stereocenters. The lowest BCUT2D eigenvalue weighted by Gasteiger charge is -2.36. The van der Waals surface area contributed by atoms with Gasteiger partial charge in [-0.15, -0.1) is 17.9 Å². The van der Waals surface area contributed by atoms with Crippen molar-refractivity contribution >= 4 is 29.1 Å². The molecular formula is C29H44N2O5S. The van der Waals surface area contributed by atoms with Crippen LogP contribution >= 0.6 is 11.3 Å². The highest BCUT2D eigenvalue weighted by atomic mass is 32.1. The number of aliphatic hydroxyl groups excluding tert-OH is 2. The van der Waals surface area contributed by atoms with Crippen molar-refractivity contribution in [1.82, 2.24) is 10.3 Å². The van der Waals surface area contributed by atoms with Gasteiger partial charge in [0.1, 0.15) is 5.78 Å². The number of hydrogen-bond acceptors (Lipinski definition) is 7. The monoisotopic (exact) mass is 532 g/mol. The number of amides is 1. The van der Waals surface area contributed by atoms with Crippen molar-refractivity contribution in [2.45, 2.75) is 110 Å². The zero-order valence-corrected chi connectivity index (χ0v) is 23.9. The van der Waals surface area contributed by atoms with Crippen LogP contribution in [0.2, 0.25) is 0 Å². The molecule has 206 valence electrons. The molecule has 1 aromatic heterocycles. The number of fused-ring (bicyclic) bond motifs is 1. The second kappa shape index (κ2) is 11.9. The maximum Gasteiger partial charge on any atom is 0.223 e. The molecule has 0 saturated carbocycles. The zero-order valence-electron chi connectivity index (χ0n) is 23.1. The molecule has 7 atom stereocenters. The number of aromatic nitrogens is 1. The number of hydrogen-bond donors (Lipinski definition) is 3. The molecule has 0 aliphatic carbocycles. The molecule has 2 aliphatic heterocycles. The van der Waals surface area contributed by atoms with Crippen molar-refractivity contribution in [3.63, 3.8) is 0 Å². The average Bonchev–Trinajstić information content (AvgIpc) is 3.27. The summed E-state index contributed by atoms with van der Waals surface area (Å²) in [5.74, 6) is -1.36. The first-order valence-corrected chi connectivity index (χ1v) is 14.2. The van der Waals surface area contributed by atoms with Gasteiger partial charge in [0.05, 0.1) is 52.5 Å². The highest BCUT2D eigenvalue weighted by Gasteiger charge is 2.52. The molecule has 8 heteroatoms. The van der Waals surface area contributed by atoms with E-state index in [1.165, 1.54) is 0 Å². The van der Waals surface area contributed by atoms with Gasteiger partial charge in [-0.05, 0) is 57.6 Å². The molecule has 0 spiro atoms. The van der Waals surface area contributed by atoms with Gasteiger partial charge in [0.25, 0.3) is 0 Å². The molecule has 1 aromatic rings. The molecule has 3 heterocycles. The van der Waals surface area contributed by atoms with E-state index in [4.69, 9.17) is 4.74 Å². The van der Waals surface area contributed by atoms with E-state index in [1.54, 1.807) is 31.3 Å². The molecule has 2 saturated heterocycles. The molecule has 0 bridgehead atoms. The number of carbonyl (C=O) groups excluding carboxylic acids is 2. The Labute approximate surface area is 225 Å². The molecule has 37 heavy (non-hydrogen) atoms. The first kappa shape index (κ1) is 29.7. The van der Waals surface area contributed by atoms with E-state index in [9.17, 15) is 19.8 Å². The molecule has 2 fully saturated rings. The maximum absolute atomic E-state index is 13.6. The van der Waals surface area contributed by atoms with Gasteiger partial charge in [0, 0.05) is 17.7 Å². The number of aliphatic hydroxyl groups is 2. The summed E-state index contributed by atoms with van der Waals surface area (Å²) in [5.41, 5.74) is 0.332. The number of ether oxygens (including phenoxy) is 1. The smallest absolute Gasteiger partial charge is 0.223 e. The largest absolute Gasteiger partial charge is 0.392 e. The Balaban J connectivity index is 1.88. The minimum absolute atomic E-state index is 0.00270. The number of thiazole rings is 1. The first-order chi connectivity index (χ1) is 17.3. The number of ketones is 1. The number of rotatable bonds is 4. The van der Waals surface area contributed by atoms with Crippen LogP contribution in [0.15, 0.2) is 23.6 Å². The second-order valence-corrected chi connectivity index (χ2v) is 12.8. The summed E-state index contributed by atoms with van der Waals surface area (Å²) in [7, 11) is 0. The normalized spacial score (nSPS) is 35.9. The van der Waals surface area contributed by atoms with Crippen molar-refractivity contribution in [2.24, 2.45) is 17.3 Å². The van der Waals surface area contributed by atoms with E-state index in [2.05, 4.69) is 23.8 Å². The fourth-order valence-corrected chi connectivity index (χ4v) is 5.98. The highest BCUT2D eigenvalue weighted by molar-refractivity contribution is 7.09. The predicted octanol–water partition coefficient (Wildman–Crippen LogP) is 4.61. The number of epoxide rings is 1. The third-order valence-corrected chi connectivity index (χ3v) is 9.11. The van der Waals surface area contributed by atoms with Crippen LogP contribution in [0.25, 0.3) is 6.08 Å². The summed E-state index contributed by atoms with van der Waals surface area (Å²) in [5, 5.41) is 28.2. The fraction of sp³-hybridized carbons (Fsp3) is 0.690. The Bertz CT molecular complexity index is 1020. The molecule has 3 rings (SSSR count). The minimum atomic E-state index is -1.21. The van der Waals surface area contributed by atoms with E-state index in [1.807, 2.05) is 32.2 Å². The summed E-state index contributed by atoms with van der Waals surface area (Å²) in [6.07, 6.45) is 4.76. The lowest BCUT2D eigenvalue weighted by atomic mass is 9.71. The molecule has 3 N–H and O–H groups in total. The predicted molar refractivity (Wildman–Crippen MR) is 147 cm³/mol. The van der Waals surface area contributed by atoms with Gasteiger partial charge in [-0.25, -0.2) is 4.98 Å². The van der Waals surface area contributed by atoms with Crippen LogP contribution in [-0.4, -0.2) is 56.8 Å². The topological polar surface area (TPSA) is 112 Å². The van der Waals surface area contributed by atoms with Crippen LogP contribution in [0, 0.1) is 24.2 Å². The zero-order chi connectivity index (χ0) is 27.5. The summed E-state index contributed by atoms with van der Waals surface area (Å²) < 4.78 is 6.12. The quantitative estimate of drug-likeness (QED) is 0.386. The summed E-state index contributed by atoms with van der Waals surface area (Å²) in [6.45, 7) is 15.1. The van der Waals surface area contributed by atoms with Gasteiger partial charge in [0.15, 0.2) is 0 Å². The van der Waals surface area contributed by atoms with Crippen LogP contribution < -0.4 is 5.32 Å². The minimum Gasteiger partial charge on any atom is -0.392 e. The van der Waals surface area contributed by atoms with Gasteiger partial charge in [0.2, 0.25) is 5.91 Å². The number of nitrogens with one attached hydrogen (secondary N) is 1. The lowest BCUT2D eigenvalue weighted by molar-refractivity contribution is -0.143. The van der Waals surface area contributed by atoms with Gasteiger partial charge >= 0.3 is 0 Å². The van der Waals surface area contributed by atoms with Crippen LogP contribution in [-0.2, 0) is 14.3 Å². The van der Waals surface area contributed by atoms with E-state index < -0.39 is 23.5 Å². The Morgan fingerprint density at radius 2 is 2.03 bits per heavy atom. The first-order valence-electron chi connectivity index (χ1n) is 13.4. The van der Waals surface area contributed by atoms with E-state index in [0.29, 0.717) is 12.8 Å². The van der Waals surface area contributed by atoms with E-state index in [-0.39, 0.29) is 41.8 Å². The lowest BCUT2D eigenvalue weighted by Crippen LogP contribution is -2.48. The highest BCUT2D eigenvalue weighted by Crippen LogP contribution is 2.44. The van der Waals surface area contributed by atoms with Crippen LogP contribution in [0.3, 0.4) is 0 Å². The molecule has 0 radical (unpaired) electrons. The van der Waals surface area contributed by atoms with Crippen molar-refractivity contribution in [1.29, 1.82) is 0 Å². The van der Waals surface area contributed by atoms with E-state index in [0.717, 1.165) is 35.5 Å². The van der Waals surface area contributed by atoms with Gasteiger partial charge in [-0.1, -0.05) is 33.3 Å². The summed E-state index contributed by atoms with van der Waals surface area (Å²) in [6, 6.07) is -0.283. The Kier molecular flexibility index (Phi) is 9.54.